The second-order valence-electron chi connectivity index (χ2n) is 5.98. The van der Waals surface area contributed by atoms with Crippen LogP contribution in [-0.2, 0) is 23.9 Å². The minimum absolute atomic E-state index is 0.0830. The monoisotopic (exact) mass is 315 g/mol. The summed E-state index contributed by atoms with van der Waals surface area (Å²) in [5, 5.41) is 0. The molecule has 1 amide bonds. The van der Waals surface area contributed by atoms with Crippen LogP contribution >= 0.6 is 0 Å². The van der Waals surface area contributed by atoms with Crippen molar-refractivity contribution in [2.24, 2.45) is 11.8 Å². The Balaban J connectivity index is 5.13. The molecule has 0 aromatic rings. The third kappa shape index (κ3) is 6.45. The minimum atomic E-state index is -0.814. The summed E-state index contributed by atoms with van der Waals surface area (Å²) in [5.74, 6) is -1.11. The highest BCUT2D eigenvalue weighted by Gasteiger charge is 2.34. The maximum Gasteiger partial charge on any atom is 0.303 e. The zero-order valence-electron chi connectivity index (χ0n) is 14.7. The lowest BCUT2D eigenvalue weighted by atomic mass is 9.98. The van der Waals surface area contributed by atoms with Crippen molar-refractivity contribution in [3.05, 3.63) is 0 Å². The first-order valence-corrected chi connectivity index (χ1v) is 7.69. The number of rotatable bonds is 8. The van der Waals surface area contributed by atoms with Crippen molar-refractivity contribution in [3.8, 4) is 0 Å². The molecule has 0 radical (unpaired) electrons. The third-order valence-electron chi connectivity index (χ3n) is 3.77. The van der Waals surface area contributed by atoms with Gasteiger partial charge in [0, 0.05) is 26.8 Å². The number of carbonyl (C=O) groups excluding carboxylic acids is 3. The number of carbonyl (C=O) groups is 3. The van der Waals surface area contributed by atoms with Crippen LogP contribution in [0, 0.1) is 11.8 Å². The fourth-order valence-corrected chi connectivity index (χ4v) is 2.12. The fraction of sp³-hybridized carbons (Fsp3) is 0.812. The van der Waals surface area contributed by atoms with E-state index in [1.54, 1.807) is 7.05 Å². The summed E-state index contributed by atoms with van der Waals surface area (Å²) >= 11 is 0. The van der Waals surface area contributed by atoms with Crippen molar-refractivity contribution in [1.82, 2.24) is 4.90 Å². The van der Waals surface area contributed by atoms with E-state index in [-0.39, 0.29) is 36.4 Å². The summed E-state index contributed by atoms with van der Waals surface area (Å²) in [5.41, 5.74) is 0. The number of hydrogen-bond acceptors (Lipinski definition) is 5. The van der Waals surface area contributed by atoms with E-state index in [2.05, 4.69) is 0 Å². The molecule has 6 nitrogen and oxygen atoms in total. The van der Waals surface area contributed by atoms with Gasteiger partial charge in [0.15, 0.2) is 6.10 Å². The highest BCUT2D eigenvalue weighted by atomic mass is 16.5. The van der Waals surface area contributed by atoms with Gasteiger partial charge in [0.05, 0.1) is 6.04 Å². The van der Waals surface area contributed by atoms with Crippen LogP contribution in [0.5, 0.6) is 0 Å². The molecule has 0 saturated carbocycles. The Kier molecular flexibility index (Phi) is 8.75. The van der Waals surface area contributed by atoms with Gasteiger partial charge in [0.25, 0.3) is 5.91 Å². The van der Waals surface area contributed by atoms with E-state index >= 15 is 0 Å². The number of esters is 2. The maximum atomic E-state index is 12.7. The second-order valence-corrected chi connectivity index (χ2v) is 5.98. The molecule has 6 heteroatoms. The van der Waals surface area contributed by atoms with E-state index < -0.39 is 12.1 Å². The largest absolute Gasteiger partial charge is 0.464 e. The van der Waals surface area contributed by atoms with Crippen LogP contribution in [0.3, 0.4) is 0 Å². The number of nitrogens with zero attached hydrogens (tertiary/aromatic N) is 1. The van der Waals surface area contributed by atoms with Crippen LogP contribution in [0.25, 0.3) is 0 Å². The molecule has 0 aliphatic rings. The minimum Gasteiger partial charge on any atom is -0.464 e. The first kappa shape index (κ1) is 20.4. The Bertz CT molecular complexity index is 394. The van der Waals surface area contributed by atoms with Crippen LogP contribution in [0.2, 0.25) is 0 Å². The van der Waals surface area contributed by atoms with Crippen molar-refractivity contribution in [3.63, 3.8) is 0 Å². The van der Waals surface area contributed by atoms with Crippen LogP contribution in [0.15, 0.2) is 0 Å². The molecule has 0 bridgehead atoms. The molecular weight excluding hydrogens is 286 g/mol. The zero-order chi connectivity index (χ0) is 17.4. The molecule has 0 aliphatic heterocycles. The van der Waals surface area contributed by atoms with Gasteiger partial charge in [-0.3, -0.25) is 14.4 Å². The van der Waals surface area contributed by atoms with Gasteiger partial charge in [0.2, 0.25) is 0 Å². The number of hydrogen-bond donors (Lipinski definition) is 0. The van der Waals surface area contributed by atoms with Crippen molar-refractivity contribution in [2.75, 3.05) is 13.7 Å². The highest BCUT2D eigenvalue weighted by molar-refractivity contribution is 5.83. The predicted molar refractivity (Wildman–Crippen MR) is 83.0 cm³/mol. The van der Waals surface area contributed by atoms with E-state index in [0.717, 1.165) is 0 Å². The molecule has 22 heavy (non-hydrogen) atoms. The quantitative estimate of drug-likeness (QED) is 0.641. The van der Waals surface area contributed by atoms with Crippen LogP contribution in [0.4, 0.5) is 0 Å². The zero-order valence-corrected chi connectivity index (χ0v) is 14.7. The molecule has 128 valence electrons. The maximum absolute atomic E-state index is 12.7. The molecule has 0 saturated heterocycles. The Labute approximate surface area is 133 Å². The van der Waals surface area contributed by atoms with Crippen molar-refractivity contribution >= 4 is 17.8 Å². The predicted octanol–water partition coefficient (Wildman–Crippen LogP) is 2.01. The lowest BCUT2D eigenvalue weighted by Crippen LogP contribution is -2.50. The van der Waals surface area contributed by atoms with Crippen LogP contribution in [-0.4, -0.2) is 48.5 Å². The van der Waals surface area contributed by atoms with Crippen molar-refractivity contribution in [2.45, 2.75) is 60.1 Å². The molecule has 0 aromatic heterocycles. The SMILES string of the molecule is CC[C@H](C)[C@@H](OC(C)=O)C(=O)N(C)[C@H](COC(C)=O)C(C)C. The lowest BCUT2D eigenvalue weighted by molar-refractivity contribution is -0.164. The Hall–Kier alpha value is -1.59. The van der Waals surface area contributed by atoms with Gasteiger partial charge in [-0.05, 0) is 12.3 Å². The van der Waals surface area contributed by atoms with Crippen molar-refractivity contribution in [1.29, 1.82) is 0 Å². The summed E-state index contributed by atoms with van der Waals surface area (Å²) in [4.78, 5) is 36.5. The van der Waals surface area contributed by atoms with E-state index in [1.165, 1.54) is 18.7 Å². The first-order chi connectivity index (χ1) is 10.1. The standard InChI is InChI=1S/C16H29NO5/c1-8-11(4)15(22-13(6)19)16(20)17(7)14(10(2)3)9-21-12(5)18/h10-11,14-15H,8-9H2,1-7H3/t11-,14+,15+/m0/s1. The Morgan fingerprint density at radius 1 is 1.05 bits per heavy atom. The smallest absolute Gasteiger partial charge is 0.303 e. The fourth-order valence-electron chi connectivity index (χ4n) is 2.12. The number of ether oxygens (including phenoxy) is 2. The van der Waals surface area contributed by atoms with Gasteiger partial charge < -0.3 is 14.4 Å². The highest BCUT2D eigenvalue weighted by Crippen LogP contribution is 2.18. The average Bonchev–Trinajstić information content (AvgIpc) is 2.42. The molecule has 0 rings (SSSR count). The molecule has 0 aliphatic carbocycles. The average molecular weight is 315 g/mol. The van der Waals surface area contributed by atoms with Gasteiger partial charge in [-0.25, -0.2) is 0 Å². The third-order valence-corrected chi connectivity index (χ3v) is 3.77. The molecule has 0 aromatic carbocycles. The summed E-state index contributed by atoms with van der Waals surface area (Å²) < 4.78 is 10.2. The van der Waals surface area contributed by atoms with Gasteiger partial charge >= 0.3 is 11.9 Å². The Morgan fingerprint density at radius 3 is 1.95 bits per heavy atom. The van der Waals surface area contributed by atoms with Gasteiger partial charge in [-0.1, -0.05) is 27.7 Å². The molecule has 0 fully saturated rings. The molecule has 3 atom stereocenters. The normalized spacial score (nSPS) is 14.9. The molecule has 0 spiro atoms. The van der Waals surface area contributed by atoms with E-state index in [1.807, 2.05) is 27.7 Å². The van der Waals surface area contributed by atoms with Gasteiger partial charge in [-0.2, -0.15) is 0 Å². The number of likely N-dealkylation sites (N-methyl/N-ethyl adjacent to an activating group) is 1. The van der Waals surface area contributed by atoms with Crippen LogP contribution < -0.4 is 0 Å². The molecule has 0 heterocycles. The summed E-state index contributed by atoms with van der Waals surface area (Å²) in [7, 11) is 1.65. The first-order valence-electron chi connectivity index (χ1n) is 7.69. The lowest BCUT2D eigenvalue weighted by Gasteiger charge is -2.34. The summed E-state index contributed by atoms with van der Waals surface area (Å²) in [6.07, 6.45) is -0.0977. The molecule has 0 unspecified atom stereocenters. The molecule has 0 N–H and O–H groups in total. The van der Waals surface area contributed by atoms with Gasteiger partial charge in [-0.15, -0.1) is 0 Å². The van der Waals surface area contributed by atoms with E-state index in [0.29, 0.717) is 6.42 Å². The van der Waals surface area contributed by atoms with E-state index in [9.17, 15) is 14.4 Å². The van der Waals surface area contributed by atoms with Crippen molar-refractivity contribution < 1.29 is 23.9 Å². The van der Waals surface area contributed by atoms with E-state index in [4.69, 9.17) is 9.47 Å². The summed E-state index contributed by atoms with van der Waals surface area (Å²) in [6, 6.07) is -0.265. The topological polar surface area (TPSA) is 72.9 Å². The van der Waals surface area contributed by atoms with Crippen LogP contribution in [0.1, 0.15) is 48.0 Å². The van der Waals surface area contributed by atoms with Gasteiger partial charge in [0.1, 0.15) is 6.61 Å². The molecular formula is C16H29NO5. The number of amides is 1. The Morgan fingerprint density at radius 2 is 1.59 bits per heavy atom. The summed E-state index contributed by atoms with van der Waals surface area (Å²) in [6.45, 7) is 10.5. The second kappa shape index (κ2) is 9.43.